The number of carbonyl (C=O) groups excluding carboxylic acids is 1. The second-order valence-corrected chi connectivity index (χ2v) is 6.10. The highest BCUT2D eigenvalue weighted by atomic mass is 19.1. The standard InChI is InChI=1S/C19H22FN3O/c20-18-5-3-16(4-6-18)2-1-11-22-12-14-23(15-13-22)19(24)17-7-9-21-10-8-17/h3-10H,1-2,11-15H2. The minimum absolute atomic E-state index is 0.0864. The van der Waals surface area contributed by atoms with Gasteiger partial charge in [-0.05, 0) is 49.2 Å². The molecule has 1 saturated heterocycles. The van der Waals surface area contributed by atoms with E-state index < -0.39 is 0 Å². The zero-order valence-electron chi connectivity index (χ0n) is 13.7. The van der Waals surface area contributed by atoms with Gasteiger partial charge in [-0.1, -0.05) is 12.1 Å². The lowest BCUT2D eigenvalue weighted by atomic mass is 10.1. The Labute approximate surface area is 141 Å². The summed E-state index contributed by atoms with van der Waals surface area (Å²) in [7, 11) is 0. The Hall–Kier alpha value is -2.27. The van der Waals surface area contributed by atoms with Gasteiger partial charge in [0.05, 0.1) is 0 Å². The highest BCUT2D eigenvalue weighted by Crippen LogP contribution is 2.10. The van der Waals surface area contributed by atoms with Crippen LogP contribution in [-0.2, 0) is 6.42 Å². The Morgan fingerprint density at radius 2 is 1.67 bits per heavy atom. The first-order valence-corrected chi connectivity index (χ1v) is 8.38. The number of halogens is 1. The quantitative estimate of drug-likeness (QED) is 0.847. The van der Waals surface area contributed by atoms with Crippen LogP contribution >= 0.6 is 0 Å². The predicted molar refractivity (Wildman–Crippen MR) is 91.3 cm³/mol. The zero-order chi connectivity index (χ0) is 16.8. The summed E-state index contributed by atoms with van der Waals surface area (Å²) in [6.45, 7) is 4.34. The average molecular weight is 327 g/mol. The molecule has 0 atom stereocenters. The first-order valence-electron chi connectivity index (χ1n) is 8.38. The number of pyridine rings is 1. The summed E-state index contributed by atoms with van der Waals surface area (Å²) in [6, 6.07) is 10.2. The molecule has 1 aromatic heterocycles. The number of piperazine rings is 1. The van der Waals surface area contributed by atoms with Crippen molar-refractivity contribution in [3.05, 3.63) is 65.7 Å². The smallest absolute Gasteiger partial charge is 0.254 e. The van der Waals surface area contributed by atoms with Crippen LogP contribution in [0.4, 0.5) is 4.39 Å². The van der Waals surface area contributed by atoms with Crippen molar-refractivity contribution < 1.29 is 9.18 Å². The summed E-state index contributed by atoms with van der Waals surface area (Å²) >= 11 is 0. The van der Waals surface area contributed by atoms with Crippen molar-refractivity contribution in [1.29, 1.82) is 0 Å². The normalized spacial score (nSPS) is 15.5. The molecule has 1 amide bonds. The molecule has 0 N–H and O–H groups in total. The first kappa shape index (κ1) is 16.6. The Morgan fingerprint density at radius 1 is 1.00 bits per heavy atom. The lowest BCUT2D eigenvalue weighted by Crippen LogP contribution is -2.48. The minimum Gasteiger partial charge on any atom is -0.336 e. The maximum Gasteiger partial charge on any atom is 0.254 e. The average Bonchev–Trinajstić information content (AvgIpc) is 2.64. The third-order valence-electron chi connectivity index (χ3n) is 4.44. The number of amides is 1. The summed E-state index contributed by atoms with van der Waals surface area (Å²) in [5, 5.41) is 0. The Bertz CT molecular complexity index is 652. The first-order chi connectivity index (χ1) is 11.7. The summed E-state index contributed by atoms with van der Waals surface area (Å²) in [5.41, 5.74) is 1.87. The van der Waals surface area contributed by atoms with Gasteiger partial charge in [0.2, 0.25) is 0 Å². The van der Waals surface area contributed by atoms with E-state index in [1.54, 1.807) is 24.5 Å². The van der Waals surface area contributed by atoms with Crippen LogP contribution in [0.25, 0.3) is 0 Å². The number of hydrogen-bond donors (Lipinski definition) is 0. The van der Waals surface area contributed by atoms with Crippen molar-refractivity contribution in [2.45, 2.75) is 12.8 Å². The molecule has 0 spiro atoms. The van der Waals surface area contributed by atoms with Crippen molar-refractivity contribution in [1.82, 2.24) is 14.8 Å². The molecule has 2 heterocycles. The van der Waals surface area contributed by atoms with Gasteiger partial charge in [-0.15, -0.1) is 0 Å². The molecule has 1 aromatic carbocycles. The third-order valence-corrected chi connectivity index (χ3v) is 4.44. The highest BCUT2D eigenvalue weighted by molar-refractivity contribution is 5.94. The molecule has 5 heteroatoms. The number of aromatic nitrogens is 1. The molecule has 0 unspecified atom stereocenters. The van der Waals surface area contributed by atoms with E-state index in [4.69, 9.17) is 0 Å². The largest absolute Gasteiger partial charge is 0.336 e. The van der Waals surface area contributed by atoms with Gasteiger partial charge in [0.25, 0.3) is 5.91 Å². The minimum atomic E-state index is -0.186. The maximum absolute atomic E-state index is 12.9. The van der Waals surface area contributed by atoms with Crippen LogP contribution in [0.15, 0.2) is 48.8 Å². The molecule has 0 bridgehead atoms. The molecule has 1 aliphatic heterocycles. The van der Waals surface area contributed by atoms with Crippen LogP contribution in [0.1, 0.15) is 22.3 Å². The fraction of sp³-hybridized carbons (Fsp3) is 0.368. The molecule has 0 aliphatic carbocycles. The maximum atomic E-state index is 12.9. The molecule has 0 radical (unpaired) electrons. The summed E-state index contributed by atoms with van der Waals surface area (Å²) < 4.78 is 12.9. The summed E-state index contributed by atoms with van der Waals surface area (Å²) in [6.07, 6.45) is 5.30. The van der Waals surface area contributed by atoms with Gasteiger partial charge in [0, 0.05) is 44.1 Å². The molecular formula is C19H22FN3O. The van der Waals surface area contributed by atoms with E-state index in [-0.39, 0.29) is 11.7 Å². The van der Waals surface area contributed by atoms with Crippen molar-refractivity contribution in [2.75, 3.05) is 32.7 Å². The van der Waals surface area contributed by atoms with Crippen LogP contribution in [0.5, 0.6) is 0 Å². The second-order valence-electron chi connectivity index (χ2n) is 6.10. The van der Waals surface area contributed by atoms with E-state index in [0.29, 0.717) is 5.56 Å². The number of hydrogen-bond acceptors (Lipinski definition) is 3. The van der Waals surface area contributed by atoms with Crippen molar-refractivity contribution in [2.24, 2.45) is 0 Å². The van der Waals surface area contributed by atoms with Crippen LogP contribution < -0.4 is 0 Å². The van der Waals surface area contributed by atoms with Crippen LogP contribution in [-0.4, -0.2) is 53.4 Å². The number of carbonyl (C=O) groups is 1. The monoisotopic (exact) mass is 327 g/mol. The van der Waals surface area contributed by atoms with E-state index >= 15 is 0 Å². The summed E-state index contributed by atoms with van der Waals surface area (Å²) in [4.78, 5) is 20.6. The molecule has 0 saturated carbocycles. The van der Waals surface area contributed by atoms with E-state index in [1.165, 1.54) is 17.7 Å². The van der Waals surface area contributed by atoms with Crippen molar-refractivity contribution in [3.63, 3.8) is 0 Å². The van der Waals surface area contributed by atoms with Crippen molar-refractivity contribution in [3.8, 4) is 0 Å². The molecule has 1 aliphatic rings. The Morgan fingerprint density at radius 3 is 2.33 bits per heavy atom. The summed E-state index contributed by atoms with van der Waals surface area (Å²) in [5.74, 6) is -0.0999. The van der Waals surface area contributed by atoms with Gasteiger partial charge < -0.3 is 4.90 Å². The molecule has 1 fully saturated rings. The molecule has 24 heavy (non-hydrogen) atoms. The third kappa shape index (κ3) is 4.38. The lowest BCUT2D eigenvalue weighted by Gasteiger charge is -2.34. The topological polar surface area (TPSA) is 36.4 Å². The van der Waals surface area contributed by atoms with Crippen LogP contribution in [0.2, 0.25) is 0 Å². The van der Waals surface area contributed by atoms with Crippen molar-refractivity contribution >= 4 is 5.91 Å². The lowest BCUT2D eigenvalue weighted by molar-refractivity contribution is 0.0636. The fourth-order valence-electron chi connectivity index (χ4n) is 3.01. The number of nitrogens with zero attached hydrogens (tertiary/aromatic N) is 3. The molecule has 3 rings (SSSR count). The van der Waals surface area contributed by atoms with Gasteiger partial charge in [0.1, 0.15) is 5.82 Å². The van der Waals surface area contributed by atoms with Gasteiger partial charge in [0.15, 0.2) is 0 Å². The number of rotatable bonds is 5. The molecule has 126 valence electrons. The van der Waals surface area contributed by atoms with Gasteiger partial charge in [-0.2, -0.15) is 0 Å². The fourth-order valence-corrected chi connectivity index (χ4v) is 3.01. The SMILES string of the molecule is O=C(c1ccncc1)N1CCN(CCCc2ccc(F)cc2)CC1. The molecule has 4 nitrogen and oxygen atoms in total. The van der Waals surface area contributed by atoms with Gasteiger partial charge in [-0.25, -0.2) is 4.39 Å². The Kier molecular flexibility index (Phi) is 5.54. The van der Waals surface area contributed by atoms with E-state index in [0.717, 1.165) is 45.6 Å². The molecule has 2 aromatic rings. The highest BCUT2D eigenvalue weighted by Gasteiger charge is 2.21. The number of benzene rings is 1. The number of aryl methyl sites for hydroxylation is 1. The zero-order valence-corrected chi connectivity index (χ0v) is 13.7. The van der Waals surface area contributed by atoms with E-state index in [2.05, 4.69) is 9.88 Å². The van der Waals surface area contributed by atoms with Gasteiger partial charge in [-0.3, -0.25) is 14.7 Å². The van der Waals surface area contributed by atoms with E-state index in [1.807, 2.05) is 17.0 Å². The second kappa shape index (κ2) is 8.02. The van der Waals surface area contributed by atoms with E-state index in [9.17, 15) is 9.18 Å². The Balaban J connectivity index is 1.40. The van der Waals surface area contributed by atoms with Gasteiger partial charge >= 0.3 is 0 Å². The van der Waals surface area contributed by atoms with Crippen LogP contribution in [0.3, 0.4) is 0 Å². The predicted octanol–water partition coefficient (Wildman–Crippen LogP) is 2.61. The molecular weight excluding hydrogens is 305 g/mol. The van der Waals surface area contributed by atoms with Crippen LogP contribution in [0, 0.1) is 5.82 Å².